The molecule has 2 aromatic heterocycles. The number of hydrogen-bond acceptors (Lipinski definition) is 5. The van der Waals surface area contributed by atoms with Crippen LogP contribution >= 0.6 is 15.9 Å². The van der Waals surface area contributed by atoms with Crippen molar-refractivity contribution in [3.8, 4) is 11.4 Å². The highest BCUT2D eigenvalue weighted by Gasteiger charge is 2.27. The summed E-state index contributed by atoms with van der Waals surface area (Å²) >= 11 is 3.50. The summed E-state index contributed by atoms with van der Waals surface area (Å²) in [5, 5.41) is 9.73. The first-order chi connectivity index (χ1) is 15.4. The fraction of sp³-hybridized carbons (Fsp3) is 0.375. The van der Waals surface area contributed by atoms with Gasteiger partial charge in [0.25, 0.3) is 5.56 Å². The summed E-state index contributed by atoms with van der Waals surface area (Å²) in [7, 11) is 1.64. The van der Waals surface area contributed by atoms with Crippen molar-refractivity contribution in [2.45, 2.75) is 54.4 Å². The van der Waals surface area contributed by atoms with Crippen LogP contribution in [0, 0.1) is 6.92 Å². The molecule has 0 amide bonds. The van der Waals surface area contributed by atoms with Gasteiger partial charge in [-0.15, -0.1) is 0 Å². The average Bonchev–Trinajstić information content (AvgIpc) is 3.15. The van der Waals surface area contributed by atoms with E-state index in [0.29, 0.717) is 24.3 Å². The van der Waals surface area contributed by atoms with E-state index in [4.69, 9.17) is 14.8 Å². The van der Waals surface area contributed by atoms with Gasteiger partial charge in [0.15, 0.2) is 0 Å². The van der Waals surface area contributed by atoms with Crippen molar-refractivity contribution in [2.75, 3.05) is 7.11 Å². The van der Waals surface area contributed by atoms with E-state index in [-0.39, 0.29) is 12.2 Å². The van der Waals surface area contributed by atoms with Gasteiger partial charge in [0.1, 0.15) is 6.61 Å². The monoisotopic (exact) mass is 504 g/mol. The molecule has 1 aromatic carbocycles. The van der Waals surface area contributed by atoms with E-state index in [1.165, 1.54) is 0 Å². The minimum Gasteiger partial charge on any atom is -0.450 e. The molecule has 3 aromatic rings. The normalized spacial score (nSPS) is 11.0. The van der Waals surface area contributed by atoms with E-state index in [1.807, 2.05) is 52.0 Å². The van der Waals surface area contributed by atoms with Crippen molar-refractivity contribution < 1.29 is 19.4 Å². The van der Waals surface area contributed by atoms with Crippen molar-refractivity contribution in [3.05, 3.63) is 61.3 Å². The fourth-order valence-electron chi connectivity index (χ4n) is 3.66. The molecular formula is C24H29BrN2O5. The Hall–Kier alpha value is -2.71. The zero-order chi connectivity index (χ0) is 24.0. The molecule has 4 rings (SSSR count). The van der Waals surface area contributed by atoms with Crippen molar-refractivity contribution in [1.82, 2.24) is 9.55 Å². The van der Waals surface area contributed by atoms with Crippen molar-refractivity contribution in [3.63, 3.8) is 0 Å². The van der Waals surface area contributed by atoms with E-state index in [0.717, 1.165) is 37.9 Å². The van der Waals surface area contributed by atoms with E-state index in [1.54, 1.807) is 18.6 Å². The number of rotatable bonds is 4. The number of carboxylic acid groups (broad SMARTS) is 1. The summed E-state index contributed by atoms with van der Waals surface area (Å²) in [5.74, 6) is 0. The van der Waals surface area contributed by atoms with Gasteiger partial charge in [0.05, 0.1) is 35.6 Å². The first-order valence-corrected chi connectivity index (χ1v) is 11.4. The highest BCUT2D eigenvalue weighted by Crippen LogP contribution is 2.37. The van der Waals surface area contributed by atoms with Gasteiger partial charge in [-0.1, -0.05) is 43.6 Å². The Morgan fingerprint density at radius 3 is 2.47 bits per heavy atom. The van der Waals surface area contributed by atoms with E-state index >= 15 is 0 Å². The van der Waals surface area contributed by atoms with Crippen LogP contribution in [-0.4, -0.2) is 27.9 Å². The lowest BCUT2D eigenvalue weighted by Gasteiger charge is -2.11. The fourth-order valence-corrected chi connectivity index (χ4v) is 4.03. The largest absolute Gasteiger partial charge is 0.506 e. The highest BCUT2D eigenvalue weighted by atomic mass is 79.9. The number of halogens is 1. The van der Waals surface area contributed by atoms with Crippen LogP contribution in [0.25, 0.3) is 22.3 Å². The summed E-state index contributed by atoms with van der Waals surface area (Å²) in [4.78, 5) is 28.5. The van der Waals surface area contributed by atoms with Gasteiger partial charge in [-0.05, 0) is 42.3 Å². The van der Waals surface area contributed by atoms with Gasteiger partial charge in [-0.25, -0.2) is 9.78 Å². The molecule has 172 valence electrons. The van der Waals surface area contributed by atoms with Gasteiger partial charge in [-0.3, -0.25) is 4.79 Å². The minimum absolute atomic E-state index is 0.261. The van der Waals surface area contributed by atoms with Gasteiger partial charge in [-0.2, -0.15) is 0 Å². The summed E-state index contributed by atoms with van der Waals surface area (Å²) in [6.45, 7) is 10.3. The third-order valence-corrected chi connectivity index (χ3v) is 5.47. The molecule has 0 radical (unpaired) electrons. The average molecular weight is 505 g/mol. The minimum atomic E-state index is -1.41. The van der Waals surface area contributed by atoms with Crippen LogP contribution in [0.5, 0.6) is 0 Å². The molecule has 0 aliphatic carbocycles. The first kappa shape index (κ1) is 25.5. The number of aromatic nitrogens is 2. The van der Waals surface area contributed by atoms with E-state index < -0.39 is 6.16 Å². The predicted molar refractivity (Wildman–Crippen MR) is 129 cm³/mol. The highest BCUT2D eigenvalue weighted by molar-refractivity contribution is 9.10. The van der Waals surface area contributed by atoms with E-state index in [2.05, 4.69) is 20.7 Å². The Morgan fingerprint density at radius 1 is 1.16 bits per heavy atom. The molecule has 8 heteroatoms. The van der Waals surface area contributed by atoms with Crippen molar-refractivity contribution >= 4 is 33.0 Å². The second-order valence-electron chi connectivity index (χ2n) is 6.65. The second kappa shape index (κ2) is 11.2. The third kappa shape index (κ3) is 4.86. The van der Waals surface area contributed by atoms with Crippen LogP contribution < -0.4 is 5.56 Å². The number of fused-ring (bicyclic) bond motifs is 4. The van der Waals surface area contributed by atoms with Crippen LogP contribution in [0.15, 0.2) is 33.5 Å². The Kier molecular flexibility index (Phi) is 8.98. The van der Waals surface area contributed by atoms with Crippen LogP contribution in [0.1, 0.15) is 49.9 Å². The first-order valence-electron chi connectivity index (χ1n) is 10.6. The quantitative estimate of drug-likeness (QED) is 0.348. The summed E-state index contributed by atoms with van der Waals surface area (Å²) in [6, 6.07) is 7.72. The standard InChI is InChI=1S/C20H17BrN2O5.2C2H6/c1-10-5-17-18-13(7-23(17)19(24)14(10)9-28-20(25)26)15(8-27-2)12-6-11(21)3-4-16(12)22-18;2*1-2/h3-6H,7-9H2,1-2H3,(H,25,26);2*1-2H3. The van der Waals surface area contributed by atoms with Crippen LogP contribution in [-0.2, 0) is 29.2 Å². The topological polar surface area (TPSA) is 90.7 Å². The smallest absolute Gasteiger partial charge is 0.450 e. The zero-order valence-electron chi connectivity index (χ0n) is 19.3. The molecule has 1 aliphatic heterocycles. The van der Waals surface area contributed by atoms with Crippen LogP contribution in [0.2, 0.25) is 0 Å². The lowest BCUT2D eigenvalue weighted by atomic mass is 10.0. The molecule has 0 saturated carbocycles. The SMILES string of the molecule is CC.CC.COCc1c2c(nc3ccc(Br)cc13)-c1cc(C)c(COC(=O)O)c(=O)n1C2. The number of benzene rings is 1. The van der Waals surface area contributed by atoms with Crippen molar-refractivity contribution in [2.24, 2.45) is 0 Å². The summed E-state index contributed by atoms with van der Waals surface area (Å²) < 4.78 is 12.6. The Bertz CT molecular complexity index is 1190. The molecule has 0 unspecified atom stereocenters. The lowest BCUT2D eigenvalue weighted by Crippen LogP contribution is -2.25. The summed E-state index contributed by atoms with van der Waals surface area (Å²) in [5.41, 5.74) is 4.99. The maximum Gasteiger partial charge on any atom is 0.506 e. The van der Waals surface area contributed by atoms with Crippen LogP contribution in [0.4, 0.5) is 4.79 Å². The molecule has 1 N–H and O–H groups in total. The Balaban J connectivity index is 0.000000860. The van der Waals surface area contributed by atoms with Gasteiger partial charge < -0.3 is 19.1 Å². The van der Waals surface area contributed by atoms with Crippen molar-refractivity contribution in [1.29, 1.82) is 0 Å². The van der Waals surface area contributed by atoms with Gasteiger partial charge in [0.2, 0.25) is 0 Å². The number of aryl methyl sites for hydroxylation is 1. The molecule has 0 spiro atoms. The molecular weight excluding hydrogens is 476 g/mol. The van der Waals surface area contributed by atoms with Crippen LogP contribution in [0.3, 0.4) is 0 Å². The summed E-state index contributed by atoms with van der Waals surface area (Å²) in [6.07, 6.45) is -1.41. The number of nitrogens with zero attached hydrogens (tertiary/aromatic N) is 2. The number of carbonyl (C=O) groups is 1. The maximum atomic E-state index is 13.0. The lowest BCUT2D eigenvalue weighted by molar-refractivity contribution is 0.0848. The Labute approximate surface area is 196 Å². The number of pyridine rings is 2. The maximum absolute atomic E-state index is 13.0. The molecule has 32 heavy (non-hydrogen) atoms. The molecule has 0 saturated heterocycles. The third-order valence-electron chi connectivity index (χ3n) is 4.98. The molecule has 7 nitrogen and oxygen atoms in total. The van der Waals surface area contributed by atoms with E-state index in [9.17, 15) is 9.59 Å². The number of hydrogen-bond donors (Lipinski definition) is 1. The van der Waals surface area contributed by atoms with Gasteiger partial charge >= 0.3 is 6.16 Å². The Morgan fingerprint density at radius 2 is 1.84 bits per heavy atom. The molecule has 0 bridgehead atoms. The molecule has 3 heterocycles. The molecule has 1 aliphatic rings. The molecule has 0 fully saturated rings. The predicted octanol–water partition coefficient (Wildman–Crippen LogP) is 5.89. The second-order valence-corrected chi connectivity index (χ2v) is 7.56. The molecule has 0 atom stereocenters. The number of ether oxygens (including phenoxy) is 2. The van der Waals surface area contributed by atoms with Gasteiger partial charge in [0, 0.05) is 22.5 Å². The zero-order valence-corrected chi connectivity index (χ0v) is 20.9. The number of methoxy groups -OCH3 is 1.